The molecule has 2 nitrogen and oxygen atoms in total. The average Bonchev–Trinajstić information content (AvgIpc) is 2.40. The molecule has 0 aromatic carbocycles. The lowest BCUT2D eigenvalue weighted by Crippen LogP contribution is -2.57. The third kappa shape index (κ3) is 2.39. The monoisotopic (exact) mass is 295 g/mol. The third-order valence-corrected chi connectivity index (χ3v) is 8.26. The fourth-order valence-corrected chi connectivity index (χ4v) is 7.50. The Kier molecular flexibility index (Phi) is 3.50. The Morgan fingerprint density at radius 2 is 1.50 bits per heavy atom. The van der Waals surface area contributed by atoms with Crippen molar-refractivity contribution in [3.05, 3.63) is 0 Å². The van der Waals surface area contributed by atoms with Crippen molar-refractivity contribution in [3.8, 4) is 0 Å². The van der Waals surface area contributed by atoms with Gasteiger partial charge in [-0.05, 0) is 81.5 Å². The van der Waals surface area contributed by atoms with Crippen LogP contribution >= 0.6 is 0 Å². The standard InChI is InChI=1S/C17H29NOS/c1-12(18-16-2-4-20(19)5-3-16)17-9-13-6-14(10-17)8-15(7-13)11-17/h12-16,18H,2-11H2,1H3. The van der Waals surface area contributed by atoms with Gasteiger partial charge in [0.15, 0.2) is 0 Å². The fraction of sp³-hybridized carbons (Fsp3) is 1.00. The van der Waals surface area contributed by atoms with E-state index >= 15 is 0 Å². The quantitative estimate of drug-likeness (QED) is 0.867. The van der Waals surface area contributed by atoms with E-state index in [1.165, 1.54) is 38.5 Å². The van der Waals surface area contributed by atoms with Crippen LogP contribution < -0.4 is 5.32 Å². The maximum Gasteiger partial charge on any atom is 0.0249 e. The van der Waals surface area contributed by atoms with Crippen LogP contribution in [0.15, 0.2) is 0 Å². The Balaban J connectivity index is 1.43. The molecule has 5 fully saturated rings. The summed E-state index contributed by atoms with van der Waals surface area (Å²) < 4.78 is 11.5. The normalized spacial score (nSPS) is 52.1. The minimum absolute atomic E-state index is 0.526. The van der Waals surface area contributed by atoms with E-state index in [9.17, 15) is 4.21 Å². The van der Waals surface area contributed by atoms with E-state index in [4.69, 9.17) is 0 Å². The molecule has 1 aliphatic heterocycles. The number of nitrogens with one attached hydrogen (secondary N) is 1. The smallest absolute Gasteiger partial charge is 0.0249 e. The lowest BCUT2D eigenvalue weighted by molar-refractivity contribution is -0.0722. The zero-order valence-electron chi connectivity index (χ0n) is 12.8. The molecule has 1 heterocycles. The molecule has 3 heteroatoms. The van der Waals surface area contributed by atoms with Gasteiger partial charge in [0.2, 0.25) is 0 Å². The minimum atomic E-state index is -0.526. The molecule has 114 valence electrons. The zero-order valence-corrected chi connectivity index (χ0v) is 13.6. The summed E-state index contributed by atoms with van der Waals surface area (Å²) >= 11 is 0. The molecule has 0 spiro atoms. The summed E-state index contributed by atoms with van der Waals surface area (Å²) in [4.78, 5) is 0. The molecule has 4 saturated carbocycles. The summed E-state index contributed by atoms with van der Waals surface area (Å²) in [6.07, 6.45) is 11.3. The fourth-order valence-electron chi connectivity index (χ4n) is 6.20. The molecule has 1 unspecified atom stereocenters. The molecule has 20 heavy (non-hydrogen) atoms. The first-order chi connectivity index (χ1) is 9.63. The molecule has 5 rings (SSSR count). The maximum absolute atomic E-state index is 11.5. The lowest BCUT2D eigenvalue weighted by atomic mass is 9.48. The molecule has 5 aliphatic rings. The van der Waals surface area contributed by atoms with Gasteiger partial charge >= 0.3 is 0 Å². The largest absolute Gasteiger partial charge is 0.311 e. The summed E-state index contributed by atoms with van der Waals surface area (Å²) in [6.45, 7) is 2.46. The molecule has 0 aromatic heterocycles. The molecule has 1 atom stereocenters. The molecule has 1 saturated heterocycles. The van der Waals surface area contributed by atoms with Gasteiger partial charge in [0.05, 0.1) is 0 Å². The van der Waals surface area contributed by atoms with Crippen LogP contribution in [0.5, 0.6) is 0 Å². The highest BCUT2D eigenvalue weighted by Gasteiger charge is 2.53. The maximum atomic E-state index is 11.5. The lowest BCUT2D eigenvalue weighted by Gasteiger charge is -2.59. The number of hydrogen-bond acceptors (Lipinski definition) is 2. The summed E-state index contributed by atoms with van der Waals surface area (Å²) in [5.74, 6) is 4.98. The first-order valence-corrected chi connectivity index (χ1v) is 10.2. The Hall–Kier alpha value is 0.110. The molecule has 0 radical (unpaired) electrons. The Morgan fingerprint density at radius 1 is 1.00 bits per heavy atom. The van der Waals surface area contributed by atoms with Gasteiger partial charge in [-0.15, -0.1) is 0 Å². The van der Waals surface area contributed by atoms with E-state index in [0.29, 0.717) is 17.5 Å². The van der Waals surface area contributed by atoms with E-state index in [-0.39, 0.29) is 0 Å². The SMILES string of the molecule is CC(NC1CCS(=O)CC1)C12CC3CC(CC(C3)C1)C2. The average molecular weight is 295 g/mol. The number of rotatable bonds is 3. The van der Waals surface area contributed by atoms with E-state index < -0.39 is 10.8 Å². The molecule has 0 aromatic rings. The second kappa shape index (κ2) is 5.08. The highest BCUT2D eigenvalue weighted by molar-refractivity contribution is 7.85. The first kappa shape index (κ1) is 13.8. The summed E-state index contributed by atoms with van der Waals surface area (Å²) in [5.41, 5.74) is 0.616. The highest BCUT2D eigenvalue weighted by Crippen LogP contribution is 2.61. The van der Waals surface area contributed by atoms with Gasteiger partial charge < -0.3 is 5.32 Å². The Bertz CT molecular complexity index is 363. The van der Waals surface area contributed by atoms with Gasteiger partial charge in [-0.2, -0.15) is 0 Å². The summed E-state index contributed by atoms with van der Waals surface area (Å²) in [7, 11) is -0.526. The highest BCUT2D eigenvalue weighted by atomic mass is 32.2. The van der Waals surface area contributed by atoms with E-state index in [1.807, 2.05) is 0 Å². The van der Waals surface area contributed by atoms with Crippen molar-refractivity contribution in [1.82, 2.24) is 5.32 Å². The van der Waals surface area contributed by atoms with Gasteiger partial charge in [-0.25, -0.2) is 0 Å². The van der Waals surface area contributed by atoms with Gasteiger partial charge in [0.25, 0.3) is 0 Å². The van der Waals surface area contributed by atoms with Crippen LogP contribution in [0.2, 0.25) is 0 Å². The van der Waals surface area contributed by atoms with Crippen molar-refractivity contribution >= 4 is 10.8 Å². The molecule has 0 amide bonds. The van der Waals surface area contributed by atoms with Crippen LogP contribution in [0.4, 0.5) is 0 Å². The van der Waals surface area contributed by atoms with E-state index in [1.54, 1.807) is 0 Å². The van der Waals surface area contributed by atoms with E-state index in [0.717, 1.165) is 42.1 Å². The molecular formula is C17H29NOS. The van der Waals surface area contributed by atoms with Crippen LogP contribution in [0, 0.1) is 23.2 Å². The van der Waals surface area contributed by atoms with Gasteiger partial charge in [-0.3, -0.25) is 4.21 Å². The molecular weight excluding hydrogens is 266 g/mol. The van der Waals surface area contributed by atoms with Crippen molar-refractivity contribution in [1.29, 1.82) is 0 Å². The van der Waals surface area contributed by atoms with Gasteiger partial charge in [0, 0.05) is 34.4 Å². The van der Waals surface area contributed by atoms with Crippen LogP contribution in [-0.2, 0) is 10.8 Å². The second-order valence-electron chi connectivity index (χ2n) is 8.29. The molecule has 4 aliphatic carbocycles. The van der Waals surface area contributed by atoms with Crippen LogP contribution in [0.3, 0.4) is 0 Å². The minimum Gasteiger partial charge on any atom is -0.311 e. The predicted octanol–water partition coefficient (Wildman–Crippen LogP) is 3.09. The van der Waals surface area contributed by atoms with Gasteiger partial charge in [0.1, 0.15) is 0 Å². The third-order valence-electron chi connectivity index (χ3n) is 6.88. The number of hydrogen-bond donors (Lipinski definition) is 1. The Labute approximate surface area is 125 Å². The van der Waals surface area contributed by atoms with Crippen molar-refractivity contribution in [2.75, 3.05) is 11.5 Å². The van der Waals surface area contributed by atoms with Crippen molar-refractivity contribution < 1.29 is 4.21 Å². The van der Waals surface area contributed by atoms with Crippen LogP contribution in [0.25, 0.3) is 0 Å². The van der Waals surface area contributed by atoms with Crippen LogP contribution in [0.1, 0.15) is 58.3 Å². The second-order valence-corrected chi connectivity index (χ2v) is 9.99. The molecule has 1 N–H and O–H groups in total. The Morgan fingerprint density at radius 3 is 2.00 bits per heavy atom. The van der Waals surface area contributed by atoms with Crippen molar-refractivity contribution in [2.45, 2.75) is 70.4 Å². The summed E-state index contributed by atoms with van der Waals surface area (Å²) in [6, 6.07) is 1.31. The van der Waals surface area contributed by atoms with Crippen molar-refractivity contribution in [2.24, 2.45) is 23.2 Å². The topological polar surface area (TPSA) is 29.1 Å². The zero-order chi connectivity index (χ0) is 13.7. The predicted molar refractivity (Wildman–Crippen MR) is 84.1 cm³/mol. The first-order valence-electron chi connectivity index (χ1n) is 8.74. The van der Waals surface area contributed by atoms with E-state index in [2.05, 4.69) is 12.2 Å². The van der Waals surface area contributed by atoms with Crippen LogP contribution in [-0.4, -0.2) is 27.8 Å². The summed E-state index contributed by atoms with van der Waals surface area (Å²) in [5, 5.41) is 3.96. The molecule has 4 bridgehead atoms. The van der Waals surface area contributed by atoms with Gasteiger partial charge in [-0.1, -0.05) is 0 Å². The van der Waals surface area contributed by atoms with Crippen molar-refractivity contribution in [3.63, 3.8) is 0 Å².